The van der Waals surface area contributed by atoms with Crippen LogP contribution in [0.15, 0.2) is 0 Å². The Hall–Kier alpha value is -0.370. The molecule has 0 radical (unpaired) electrons. The monoisotopic (exact) mass is 168 g/mol. The van der Waals surface area contributed by atoms with Crippen molar-refractivity contribution in [3.63, 3.8) is 0 Å². The molecule has 0 aliphatic heterocycles. The molecular formula is C10H16O2. The second kappa shape index (κ2) is 1.92. The molecule has 0 aromatic rings. The number of ketones is 1. The van der Waals surface area contributed by atoms with Crippen LogP contribution in [0.25, 0.3) is 0 Å². The molecular weight excluding hydrogens is 152 g/mol. The smallest absolute Gasteiger partial charge is 0.164 e. The predicted molar refractivity (Wildman–Crippen MR) is 45.6 cm³/mol. The van der Waals surface area contributed by atoms with Crippen LogP contribution in [0.1, 0.15) is 33.6 Å². The van der Waals surface area contributed by atoms with Crippen LogP contribution in [-0.2, 0) is 4.79 Å². The van der Waals surface area contributed by atoms with Crippen LogP contribution in [0, 0.1) is 17.3 Å². The second-order valence-electron chi connectivity index (χ2n) is 5.08. The van der Waals surface area contributed by atoms with Gasteiger partial charge in [0.05, 0.1) is 0 Å². The number of carbonyl (C=O) groups is 1. The number of aliphatic hydroxyl groups is 1. The van der Waals surface area contributed by atoms with E-state index in [2.05, 4.69) is 13.8 Å². The van der Waals surface area contributed by atoms with Gasteiger partial charge in [-0.25, -0.2) is 0 Å². The van der Waals surface area contributed by atoms with Crippen LogP contribution >= 0.6 is 0 Å². The Morgan fingerprint density at radius 2 is 2.00 bits per heavy atom. The molecule has 3 saturated carbocycles. The molecule has 3 aliphatic rings. The first-order valence-corrected chi connectivity index (χ1v) is 4.62. The molecule has 0 spiro atoms. The van der Waals surface area contributed by atoms with Gasteiger partial charge in [-0.3, -0.25) is 4.79 Å². The van der Waals surface area contributed by atoms with Crippen molar-refractivity contribution in [1.82, 2.24) is 0 Å². The van der Waals surface area contributed by atoms with Crippen LogP contribution in [0.3, 0.4) is 0 Å². The zero-order valence-electron chi connectivity index (χ0n) is 7.92. The largest absolute Gasteiger partial charge is 0.382 e. The first-order valence-electron chi connectivity index (χ1n) is 4.62. The van der Waals surface area contributed by atoms with E-state index in [1.165, 1.54) is 0 Å². The molecule has 0 amide bonds. The third-order valence-corrected chi connectivity index (χ3v) is 4.15. The van der Waals surface area contributed by atoms with Crippen LogP contribution in [0.4, 0.5) is 0 Å². The SMILES string of the molecule is CC1(C)C2CC(=O)[C@@](C)(O)[C@H]1C2. The molecule has 12 heavy (non-hydrogen) atoms. The molecule has 3 atom stereocenters. The average Bonchev–Trinajstić information content (AvgIpc) is 1.93. The Bertz CT molecular complexity index is 240. The highest BCUT2D eigenvalue weighted by Gasteiger charge is 2.62. The van der Waals surface area contributed by atoms with Gasteiger partial charge < -0.3 is 5.11 Å². The second-order valence-corrected chi connectivity index (χ2v) is 5.08. The summed E-state index contributed by atoms with van der Waals surface area (Å²) in [5.74, 6) is 0.759. The zero-order chi connectivity index (χ0) is 9.15. The van der Waals surface area contributed by atoms with Gasteiger partial charge in [0.15, 0.2) is 5.78 Å². The summed E-state index contributed by atoms with van der Waals surface area (Å²) in [5, 5.41) is 9.94. The van der Waals surface area contributed by atoms with Gasteiger partial charge in [-0.2, -0.15) is 0 Å². The Balaban J connectivity index is 2.33. The van der Waals surface area contributed by atoms with E-state index >= 15 is 0 Å². The van der Waals surface area contributed by atoms with Crippen molar-refractivity contribution in [2.45, 2.75) is 39.2 Å². The quantitative estimate of drug-likeness (QED) is 0.593. The molecule has 0 heterocycles. The predicted octanol–water partition coefficient (Wildman–Crippen LogP) is 1.37. The summed E-state index contributed by atoms with van der Waals surface area (Å²) in [5.41, 5.74) is -0.865. The van der Waals surface area contributed by atoms with E-state index in [0.717, 1.165) is 6.42 Å². The van der Waals surface area contributed by atoms with E-state index in [0.29, 0.717) is 12.3 Å². The van der Waals surface area contributed by atoms with E-state index in [1.54, 1.807) is 6.92 Å². The van der Waals surface area contributed by atoms with Crippen LogP contribution in [-0.4, -0.2) is 16.5 Å². The summed E-state index contributed by atoms with van der Waals surface area (Å²) in [6.45, 7) is 6.00. The molecule has 3 rings (SSSR count). The van der Waals surface area contributed by atoms with Crippen LogP contribution in [0.5, 0.6) is 0 Å². The molecule has 2 nitrogen and oxygen atoms in total. The summed E-state index contributed by atoms with van der Waals surface area (Å²) < 4.78 is 0. The number of carbonyl (C=O) groups excluding carboxylic acids is 1. The minimum absolute atomic E-state index is 0.0445. The van der Waals surface area contributed by atoms with E-state index < -0.39 is 5.60 Å². The normalized spacial score (nSPS) is 50.2. The maximum Gasteiger partial charge on any atom is 0.164 e. The van der Waals surface area contributed by atoms with Crippen molar-refractivity contribution in [1.29, 1.82) is 0 Å². The summed E-state index contributed by atoms with van der Waals surface area (Å²) in [7, 11) is 0. The summed E-state index contributed by atoms with van der Waals surface area (Å²) in [6, 6.07) is 0. The van der Waals surface area contributed by atoms with Crippen molar-refractivity contribution in [2.75, 3.05) is 0 Å². The van der Waals surface area contributed by atoms with E-state index in [1.807, 2.05) is 0 Å². The Morgan fingerprint density at radius 1 is 1.42 bits per heavy atom. The molecule has 0 saturated heterocycles. The summed E-state index contributed by atoms with van der Waals surface area (Å²) in [6.07, 6.45) is 1.61. The molecule has 3 aliphatic carbocycles. The van der Waals surface area contributed by atoms with E-state index in [9.17, 15) is 9.90 Å². The molecule has 2 bridgehead atoms. The number of hydrogen-bond acceptors (Lipinski definition) is 2. The lowest BCUT2D eigenvalue weighted by Gasteiger charge is -2.61. The number of hydrogen-bond donors (Lipinski definition) is 1. The molecule has 0 aromatic heterocycles. The van der Waals surface area contributed by atoms with Crippen LogP contribution in [0.2, 0.25) is 0 Å². The topological polar surface area (TPSA) is 37.3 Å². The highest BCUT2D eigenvalue weighted by molar-refractivity contribution is 5.89. The fourth-order valence-electron chi connectivity index (χ4n) is 2.94. The van der Waals surface area contributed by atoms with E-state index in [-0.39, 0.29) is 17.1 Å². The Kier molecular flexibility index (Phi) is 1.32. The zero-order valence-corrected chi connectivity index (χ0v) is 7.92. The van der Waals surface area contributed by atoms with Gasteiger partial charge >= 0.3 is 0 Å². The van der Waals surface area contributed by atoms with Gasteiger partial charge in [-0.05, 0) is 24.7 Å². The number of fused-ring (bicyclic) bond motifs is 2. The first kappa shape index (κ1) is 8.24. The van der Waals surface area contributed by atoms with Gasteiger partial charge in [0.2, 0.25) is 0 Å². The van der Waals surface area contributed by atoms with Crippen molar-refractivity contribution < 1.29 is 9.90 Å². The highest BCUT2D eigenvalue weighted by Crippen LogP contribution is 2.61. The standard InChI is InChI=1S/C10H16O2/c1-9(2)6-4-7(9)10(3,12)8(11)5-6/h6-7,12H,4-5H2,1-3H3/t6?,7-,10-/m0/s1. The molecule has 3 fully saturated rings. The van der Waals surface area contributed by atoms with Crippen molar-refractivity contribution in [3.05, 3.63) is 0 Å². The summed E-state index contributed by atoms with van der Waals surface area (Å²) in [4.78, 5) is 11.4. The average molecular weight is 168 g/mol. The van der Waals surface area contributed by atoms with Crippen molar-refractivity contribution >= 4 is 5.78 Å². The third kappa shape index (κ3) is 0.717. The molecule has 68 valence electrons. The lowest BCUT2D eigenvalue weighted by molar-refractivity contribution is -0.196. The molecule has 2 heteroatoms. The lowest BCUT2D eigenvalue weighted by Crippen LogP contribution is -2.64. The van der Waals surface area contributed by atoms with Gasteiger partial charge in [0.25, 0.3) is 0 Å². The highest BCUT2D eigenvalue weighted by atomic mass is 16.3. The fourth-order valence-corrected chi connectivity index (χ4v) is 2.94. The van der Waals surface area contributed by atoms with Crippen molar-refractivity contribution in [3.8, 4) is 0 Å². The van der Waals surface area contributed by atoms with Gasteiger partial charge in [0.1, 0.15) is 5.60 Å². The number of Topliss-reactive ketones (excluding diaryl/α,β-unsaturated/α-hetero) is 1. The first-order chi connectivity index (χ1) is 5.37. The maximum atomic E-state index is 11.4. The van der Waals surface area contributed by atoms with Crippen LogP contribution < -0.4 is 0 Å². The minimum Gasteiger partial charge on any atom is -0.382 e. The molecule has 0 aromatic carbocycles. The van der Waals surface area contributed by atoms with Gasteiger partial charge in [-0.1, -0.05) is 13.8 Å². The Labute approximate surface area is 73.0 Å². The summed E-state index contributed by atoms with van der Waals surface area (Å²) >= 11 is 0. The molecule has 1 N–H and O–H groups in total. The fraction of sp³-hybridized carbons (Fsp3) is 0.900. The lowest BCUT2D eigenvalue weighted by atomic mass is 9.44. The number of rotatable bonds is 0. The van der Waals surface area contributed by atoms with E-state index in [4.69, 9.17) is 0 Å². The third-order valence-electron chi connectivity index (χ3n) is 4.15. The maximum absolute atomic E-state index is 11.4. The van der Waals surface area contributed by atoms with Gasteiger partial charge in [0, 0.05) is 12.3 Å². The Morgan fingerprint density at radius 3 is 2.33 bits per heavy atom. The van der Waals surface area contributed by atoms with Crippen molar-refractivity contribution in [2.24, 2.45) is 17.3 Å². The minimum atomic E-state index is -1.04. The van der Waals surface area contributed by atoms with Gasteiger partial charge in [-0.15, -0.1) is 0 Å². The molecule has 1 unspecified atom stereocenters.